The van der Waals surface area contributed by atoms with Crippen LogP contribution in [0.3, 0.4) is 0 Å². The Morgan fingerprint density at radius 2 is 1.88 bits per heavy atom. The van der Waals surface area contributed by atoms with E-state index in [1.165, 1.54) is 0 Å². The van der Waals surface area contributed by atoms with Crippen molar-refractivity contribution in [1.82, 2.24) is 15.3 Å². The number of carbonyl (C=O) groups is 2. The van der Waals surface area contributed by atoms with E-state index in [-0.39, 0.29) is 17.9 Å². The van der Waals surface area contributed by atoms with Gasteiger partial charge in [0.2, 0.25) is 0 Å². The first-order chi connectivity index (χ1) is 15.7. The average molecular weight is 428 g/mol. The number of aromatic nitrogens is 2. The number of esters is 1. The quantitative estimate of drug-likeness (QED) is 0.372. The standard InChI is InChI=1S/C25H24N4O3/c1-2-32-24(30)17-9-11-19(12-10-17)29-25(31)28-15-21(18-6-5-13-26-14-18)22-16-27-23-8-4-3-7-20(22)23/h3-14,16,21,27H,2,15H2,1H3,(H2,28,29,31). The molecule has 2 heterocycles. The Morgan fingerprint density at radius 3 is 2.62 bits per heavy atom. The van der Waals surface area contributed by atoms with Gasteiger partial charge in [-0.3, -0.25) is 4.98 Å². The summed E-state index contributed by atoms with van der Waals surface area (Å²) in [6.07, 6.45) is 5.53. The van der Waals surface area contributed by atoms with Crippen molar-refractivity contribution in [3.8, 4) is 0 Å². The van der Waals surface area contributed by atoms with Crippen LogP contribution in [0, 0.1) is 0 Å². The monoisotopic (exact) mass is 428 g/mol. The molecule has 32 heavy (non-hydrogen) atoms. The summed E-state index contributed by atoms with van der Waals surface area (Å²) in [7, 11) is 0. The van der Waals surface area contributed by atoms with Gasteiger partial charge in [0.15, 0.2) is 0 Å². The van der Waals surface area contributed by atoms with Crippen LogP contribution >= 0.6 is 0 Å². The Bertz CT molecular complexity index is 1200. The highest BCUT2D eigenvalue weighted by Crippen LogP contribution is 2.30. The summed E-state index contributed by atoms with van der Waals surface area (Å²) in [5, 5.41) is 6.87. The maximum atomic E-state index is 12.6. The SMILES string of the molecule is CCOC(=O)c1ccc(NC(=O)NCC(c2cccnc2)c2c[nH]c3ccccc23)cc1. The number of benzene rings is 2. The van der Waals surface area contributed by atoms with Crippen molar-refractivity contribution in [2.75, 3.05) is 18.5 Å². The van der Waals surface area contributed by atoms with Gasteiger partial charge in [0, 0.05) is 47.6 Å². The first-order valence-corrected chi connectivity index (χ1v) is 10.4. The predicted octanol–water partition coefficient (Wildman–Crippen LogP) is 4.69. The third-order valence-electron chi connectivity index (χ3n) is 5.20. The van der Waals surface area contributed by atoms with Gasteiger partial charge in [0.25, 0.3) is 0 Å². The van der Waals surface area contributed by atoms with Crippen LogP contribution in [0.1, 0.15) is 34.3 Å². The Kier molecular flexibility index (Phi) is 6.46. The molecule has 0 radical (unpaired) electrons. The molecule has 2 aromatic carbocycles. The average Bonchev–Trinajstić information content (AvgIpc) is 3.25. The molecule has 2 aromatic heterocycles. The van der Waals surface area contributed by atoms with Crippen molar-refractivity contribution in [2.24, 2.45) is 0 Å². The highest BCUT2D eigenvalue weighted by atomic mass is 16.5. The Balaban J connectivity index is 1.46. The molecule has 0 aliphatic rings. The number of fused-ring (bicyclic) bond motifs is 1. The van der Waals surface area contributed by atoms with Gasteiger partial charge in [0.1, 0.15) is 0 Å². The fourth-order valence-electron chi connectivity index (χ4n) is 3.65. The number of nitrogens with one attached hydrogen (secondary N) is 3. The number of carbonyl (C=O) groups excluding carboxylic acids is 2. The molecule has 162 valence electrons. The Hall–Kier alpha value is -4.13. The molecular formula is C25H24N4O3. The number of pyridine rings is 1. The largest absolute Gasteiger partial charge is 0.462 e. The predicted molar refractivity (Wildman–Crippen MR) is 124 cm³/mol. The van der Waals surface area contributed by atoms with E-state index in [0.717, 1.165) is 22.0 Å². The second-order valence-corrected chi connectivity index (χ2v) is 7.26. The smallest absolute Gasteiger partial charge is 0.338 e. The third-order valence-corrected chi connectivity index (χ3v) is 5.20. The number of rotatable bonds is 7. The molecule has 7 nitrogen and oxygen atoms in total. The van der Waals surface area contributed by atoms with Crippen LogP contribution in [0.2, 0.25) is 0 Å². The molecule has 0 aliphatic heterocycles. The first kappa shape index (κ1) is 21.1. The normalized spacial score (nSPS) is 11.7. The van der Waals surface area contributed by atoms with Gasteiger partial charge in [-0.1, -0.05) is 24.3 Å². The Labute approximate surface area is 185 Å². The molecule has 0 fully saturated rings. The number of hydrogen-bond donors (Lipinski definition) is 3. The third kappa shape index (κ3) is 4.78. The number of ether oxygens (including phenoxy) is 1. The van der Waals surface area contributed by atoms with E-state index in [0.29, 0.717) is 24.4 Å². The number of H-pyrrole nitrogens is 1. The fraction of sp³-hybridized carbons (Fsp3) is 0.160. The number of urea groups is 1. The summed E-state index contributed by atoms with van der Waals surface area (Å²) < 4.78 is 4.98. The maximum Gasteiger partial charge on any atom is 0.338 e. The minimum absolute atomic E-state index is 0.0724. The molecule has 3 N–H and O–H groups in total. The molecule has 7 heteroatoms. The highest BCUT2D eigenvalue weighted by Gasteiger charge is 2.19. The zero-order valence-electron chi connectivity index (χ0n) is 17.7. The van der Waals surface area contributed by atoms with Crippen molar-refractivity contribution in [3.05, 3.63) is 95.9 Å². The van der Waals surface area contributed by atoms with Gasteiger partial charge in [-0.2, -0.15) is 0 Å². The number of amides is 2. The molecule has 1 atom stereocenters. The topological polar surface area (TPSA) is 96.1 Å². The fourth-order valence-corrected chi connectivity index (χ4v) is 3.65. The van der Waals surface area contributed by atoms with Gasteiger partial charge in [-0.05, 0) is 54.4 Å². The molecule has 0 spiro atoms. The van der Waals surface area contributed by atoms with Gasteiger partial charge in [-0.25, -0.2) is 9.59 Å². The summed E-state index contributed by atoms with van der Waals surface area (Å²) >= 11 is 0. The first-order valence-electron chi connectivity index (χ1n) is 10.4. The van der Waals surface area contributed by atoms with Crippen LogP contribution in [-0.2, 0) is 4.74 Å². The van der Waals surface area contributed by atoms with Crippen LogP contribution < -0.4 is 10.6 Å². The van der Waals surface area contributed by atoms with E-state index in [2.05, 4.69) is 26.7 Å². The molecule has 4 rings (SSSR count). The van der Waals surface area contributed by atoms with E-state index < -0.39 is 0 Å². The number of para-hydroxylation sites is 1. The lowest BCUT2D eigenvalue weighted by atomic mass is 9.92. The van der Waals surface area contributed by atoms with E-state index in [4.69, 9.17) is 4.74 Å². The molecule has 1 unspecified atom stereocenters. The second-order valence-electron chi connectivity index (χ2n) is 7.26. The minimum Gasteiger partial charge on any atom is -0.462 e. The summed E-state index contributed by atoms with van der Waals surface area (Å²) in [6.45, 7) is 2.46. The molecular weight excluding hydrogens is 404 g/mol. The van der Waals surface area contributed by atoms with E-state index in [1.54, 1.807) is 37.4 Å². The number of anilines is 1. The summed E-state index contributed by atoms with van der Waals surface area (Å²) in [4.78, 5) is 31.9. The van der Waals surface area contributed by atoms with Crippen LogP contribution in [0.4, 0.5) is 10.5 Å². The molecule has 0 bridgehead atoms. The molecule has 2 amide bonds. The van der Waals surface area contributed by atoms with Crippen molar-refractivity contribution < 1.29 is 14.3 Å². The number of aromatic amines is 1. The van der Waals surface area contributed by atoms with E-state index in [1.807, 2.05) is 42.7 Å². The summed E-state index contributed by atoms with van der Waals surface area (Å²) in [6, 6.07) is 18.2. The summed E-state index contributed by atoms with van der Waals surface area (Å²) in [5.74, 6) is -0.460. The molecule has 4 aromatic rings. The van der Waals surface area contributed by atoms with Crippen LogP contribution in [0.5, 0.6) is 0 Å². The van der Waals surface area contributed by atoms with Gasteiger partial charge >= 0.3 is 12.0 Å². The number of nitrogens with zero attached hydrogens (tertiary/aromatic N) is 1. The van der Waals surface area contributed by atoms with Gasteiger partial charge in [-0.15, -0.1) is 0 Å². The zero-order valence-corrected chi connectivity index (χ0v) is 17.7. The van der Waals surface area contributed by atoms with Crippen molar-refractivity contribution in [3.63, 3.8) is 0 Å². The van der Waals surface area contributed by atoms with Crippen molar-refractivity contribution in [2.45, 2.75) is 12.8 Å². The van der Waals surface area contributed by atoms with Crippen LogP contribution in [0.15, 0.2) is 79.3 Å². The lowest BCUT2D eigenvalue weighted by Crippen LogP contribution is -2.32. The lowest BCUT2D eigenvalue weighted by Gasteiger charge is -2.18. The van der Waals surface area contributed by atoms with Gasteiger partial charge < -0.3 is 20.4 Å². The highest BCUT2D eigenvalue weighted by molar-refractivity contribution is 5.92. The molecule has 0 saturated carbocycles. The number of hydrogen-bond acceptors (Lipinski definition) is 4. The van der Waals surface area contributed by atoms with E-state index in [9.17, 15) is 9.59 Å². The summed E-state index contributed by atoms with van der Waals surface area (Å²) in [5.41, 5.74) is 4.17. The van der Waals surface area contributed by atoms with Crippen molar-refractivity contribution in [1.29, 1.82) is 0 Å². The molecule has 0 saturated heterocycles. The van der Waals surface area contributed by atoms with Gasteiger partial charge in [0.05, 0.1) is 12.2 Å². The molecule has 0 aliphatic carbocycles. The zero-order chi connectivity index (χ0) is 22.3. The maximum absolute atomic E-state index is 12.6. The lowest BCUT2D eigenvalue weighted by molar-refractivity contribution is 0.0526. The second kappa shape index (κ2) is 9.78. The van der Waals surface area contributed by atoms with Crippen LogP contribution in [0.25, 0.3) is 10.9 Å². The van der Waals surface area contributed by atoms with E-state index >= 15 is 0 Å². The minimum atomic E-state index is -0.387. The Morgan fingerprint density at radius 1 is 1.06 bits per heavy atom. The van der Waals surface area contributed by atoms with Crippen LogP contribution in [-0.4, -0.2) is 35.1 Å². The van der Waals surface area contributed by atoms with Crippen molar-refractivity contribution >= 4 is 28.6 Å².